The van der Waals surface area contributed by atoms with E-state index in [9.17, 15) is 9.59 Å². The molecule has 0 saturated heterocycles. The first-order valence-corrected chi connectivity index (χ1v) is 9.21. The highest BCUT2D eigenvalue weighted by molar-refractivity contribution is 6.04. The molecule has 0 aliphatic carbocycles. The Morgan fingerprint density at radius 2 is 1.83 bits per heavy atom. The van der Waals surface area contributed by atoms with Gasteiger partial charge in [-0.2, -0.15) is 15.3 Å². The van der Waals surface area contributed by atoms with Crippen molar-refractivity contribution in [3.8, 4) is 0 Å². The van der Waals surface area contributed by atoms with Gasteiger partial charge in [-0.3, -0.25) is 18.8 Å². The van der Waals surface area contributed by atoms with Crippen molar-refractivity contribution in [2.45, 2.75) is 47.2 Å². The first kappa shape index (κ1) is 20.3. The lowest BCUT2D eigenvalue weighted by molar-refractivity contribution is -0.140. The number of nitrogens with zero attached hydrogens (tertiary/aromatic N) is 6. The van der Waals surface area contributed by atoms with E-state index in [-0.39, 0.29) is 11.5 Å². The summed E-state index contributed by atoms with van der Waals surface area (Å²) >= 11 is 0. The summed E-state index contributed by atoms with van der Waals surface area (Å²) in [6, 6.07) is -0.853. The minimum Gasteiger partial charge on any atom is -0.480 e. The third-order valence-corrected chi connectivity index (χ3v) is 5.20. The van der Waals surface area contributed by atoms with Gasteiger partial charge in [-0.15, -0.1) is 0 Å². The van der Waals surface area contributed by atoms with Crippen LogP contribution in [0.5, 0.6) is 0 Å². The normalized spacial score (nSPS) is 12.2. The van der Waals surface area contributed by atoms with Crippen molar-refractivity contribution in [3.63, 3.8) is 0 Å². The molecular weight excluding hydrogens is 374 g/mol. The van der Waals surface area contributed by atoms with E-state index in [2.05, 4.69) is 20.6 Å². The summed E-state index contributed by atoms with van der Waals surface area (Å²) in [5.41, 5.74) is 5.55. The highest BCUT2D eigenvalue weighted by Gasteiger charge is 2.20. The molecule has 0 fully saturated rings. The van der Waals surface area contributed by atoms with Crippen LogP contribution >= 0.6 is 0 Å². The van der Waals surface area contributed by atoms with E-state index in [1.54, 1.807) is 0 Å². The van der Waals surface area contributed by atoms with Crippen molar-refractivity contribution in [1.29, 1.82) is 0 Å². The number of carbonyl (C=O) groups is 2. The van der Waals surface area contributed by atoms with Gasteiger partial charge in [-0.1, -0.05) is 0 Å². The minimum absolute atomic E-state index is 0.281. The number of carboxylic acid groups (broad SMARTS) is 1. The standard InChI is InChI=1S/C19H25N7O3/c1-10-16(12(3)24(6)22-10)9-26-13(4)17(11(2)23-26)21-18(27)15-7-20-25(8-15)14(5)19(28)29/h7-8,14H,9H2,1-6H3,(H,21,27)(H,28,29). The number of carbonyl (C=O) groups excluding carboxylic acids is 1. The molecule has 2 N–H and O–H groups in total. The van der Waals surface area contributed by atoms with Gasteiger partial charge in [0.25, 0.3) is 5.91 Å². The van der Waals surface area contributed by atoms with Gasteiger partial charge in [0.1, 0.15) is 6.04 Å². The van der Waals surface area contributed by atoms with Crippen LogP contribution < -0.4 is 5.32 Å². The zero-order valence-electron chi connectivity index (χ0n) is 17.4. The Hall–Kier alpha value is -3.43. The summed E-state index contributed by atoms with van der Waals surface area (Å²) in [6.07, 6.45) is 2.78. The summed E-state index contributed by atoms with van der Waals surface area (Å²) in [6.45, 7) is 9.76. The number of anilines is 1. The van der Waals surface area contributed by atoms with Crippen molar-refractivity contribution in [2.24, 2.45) is 7.05 Å². The van der Waals surface area contributed by atoms with Crippen molar-refractivity contribution in [1.82, 2.24) is 29.3 Å². The Morgan fingerprint density at radius 1 is 1.14 bits per heavy atom. The Bertz CT molecular complexity index is 1090. The molecule has 154 valence electrons. The number of nitrogens with one attached hydrogen (secondary N) is 1. The maximum atomic E-state index is 12.6. The molecule has 0 bridgehead atoms. The summed E-state index contributed by atoms with van der Waals surface area (Å²) in [5, 5.41) is 24.9. The second-order valence-electron chi connectivity index (χ2n) is 7.15. The largest absolute Gasteiger partial charge is 0.480 e. The van der Waals surface area contributed by atoms with Crippen LogP contribution in [0.1, 0.15) is 51.7 Å². The Morgan fingerprint density at radius 3 is 2.41 bits per heavy atom. The summed E-state index contributed by atoms with van der Waals surface area (Å²) in [5.74, 6) is -1.39. The first-order valence-electron chi connectivity index (χ1n) is 9.21. The predicted molar refractivity (Wildman–Crippen MR) is 106 cm³/mol. The Labute approximate surface area is 168 Å². The fourth-order valence-corrected chi connectivity index (χ4v) is 3.19. The predicted octanol–water partition coefficient (Wildman–Crippen LogP) is 1.99. The number of aromatic nitrogens is 6. The molecule has 10 heteroatoms. The zero-order valence-corrected chi connectivity index (χ0v) is 17.4. The molecule has 0 saturated carbocycles. The molecule has 3 heterocycles. The summed E-state index contributed by atoms with van der Waals surface area (Å²) < 4.78 is 4.93. The fraction of sp³-hybridized carbons (Fsp3) is 0.421. The van der Waals surface area contributed by atoms with E-state index >= 15 is 0 Å². The van der Waals surface area contributed by atoms with Crippen molar-refractivity contribution < 1.29 is 14.7 Å². The van der Waals surface area contributed by atoms with Crippen molar-refractivity contribution in [3.05, 3.63) is 46.3 Å². The first-order chi connectivity index (χ1) is 13.6. The number of hydrogen-bond acceptors (Lipinski definition) is 5. The average Bonchev–Trinajstić information content (AvgIpc) is 3.31. The van der Waals surface area contributed by atoms with Crippen LogP contribution in [0.25, 0.3) is 0 Å². The molecule has 0 aromatic carbocycles. The van der Waals surface area contributed by atoms with Crippen molar-refractivity contribution in [2.75, 3.05) is 5.32 Å². The van der Waals surface area contributed by atoms with E-state index in [0.717, 1.165) is 22.6 Å². The van der Waals surface area contributed by atoms with Gasteiger partial charge in [0.15, 0.2) is 0 Å². The highest BCUT2D eigenvalue weighted by Crippen LogP contribution is 2.23. The molecule has 10 nitrogen and oxygen atoms in total. The molecule has 1 atom stereocenters. The molecule has 1 amide bonds. The molecule has 3 rings (SSSR count). The van der Waals surface area contributed by atoms with Crippen LogP contribution in [0.4, 0.5) is 5.69 Å². The topological polar surface area (TPSA) is 120 Å². The number of amides is 1. The van der Waals surface area contributed by atoms with Crippen LogP contribution in [0.15, 0.2) is 12.4 Å². The Balaban J connectivity index is 1.82. The molecule has 3 aromatic heterocycles. The lowest BCUT2D eigenvalue weighted by Crippen LogP contribution is -2.16. The lowest BCUT2D eigenvalue weighted by atomic mass is 10.2. The smallest absolute Gasteiger partial charge is 0.328 e. The molecule has 0 spiro atoms. The van der Waals surface area contributed by atoms with E-state index in [1.165, 1.54) is 24.0 Å². The van der Waals surface area contributed by atoms with Crippen LogP contribution in [0.2, 0.25) is 0 Å². The van der Waals surface area contributed by atoms with Gasteiger partial charge < -0.3 is 10.4 Å². The molecule has 3 aromatic rings. The number of aliphatic carboxylic acids is 1. The molecular formula is C19H25N7O3. The van der Waals surface area contributed by atoms with Gasteiger partial charge in [0, 0.05) is 24.5 Å². The number of hydrogen-bond donors (Lipinski definition) is 2. The molecule has 1 unspecified atom stereocenters. The third kappa shape index (κ3) is 3.78. The summed E-state index contributed by atoms with van der Waals surface area (Å²) in [4.78, 5) is 23.7. The lowest BCUT2D eigenvalue weighted by Gasteiger charge is -2.07. The van der Waals surface area contributed by atoms with E-state index < -0.39 is 12.0 Å². The van der Waals surface area contributed by atoms with E-state index in [1.807, 2.05) is 44.1 Å². The summed E-state index contributed by atoms with van der Waals surface area (Å²) in [7, 11) is 1.91. The van der Waals surface area contributed by atoms with E-state index in [4.69, 9.17) is 5.11 Å². The number of rotatable bonds is 6. The van der Waals surface area contributed by atoms with Gasteiger partial charge in [-0.25, -0.2) is 4.79 Å². The van der Waals surface area contributed by atoms with Gasteiger partial charge in [0.2, 0.25) is 0 Å². The SMILES string of the molecule is Cc1nn(C)c(C)c1Cn1nc(C)c(NC(=O)c2cnn(C(C)C(=O)O)c2)c1C. The maximum absolute atomic E-state index is 12.6. The number of carboxylic acids is 1. The number of aryl methyl sites for hydroxylation is 3. The van der Waals surface area contributed by atoms with Gasteiger partial charge in [0.05, 0.1) is 41.1 Å². The third-order valence-electron chi connectivity index (χ3n) is 5.20. The molecule has 29 heavy (non-hydrogen) atoms. The average molecular weight is 399 g/mol. The zero-order chi connectivity index (χ0) is 21.5. The van der Waals surface area contributed by atoms with Crippen LogP contribution in [-0.2, 0) is 18.4 Å². The monoisotopic (exact) mass is 399 g/mol. The van der Waals surface area contributed by atoms with Crippen molar-refractivity contribution >= 4 is 17.6 Å². The van der Waals surface area contributed by atoms with Crippen LogP contribution in [0.3, 0.4) is 0 Å². The second kappa shape index (κ2) is 7.53. The second-order valence-corrected chi connectivity index (χ2v) is 7.15. The fourth-order valence-electron chi connectivity index (χ4n) is 3.19. The maximum Gasteiger partial charge on any atom is 0.328 e. The molecule has 0 aliphatic rings. The van der Waals surface area contributed by atoms with E-state index in [0.29, 0.717) is 17.9 Å². The van der Waals surface area contributed by atoms with Gasteiger partial charge in [-0.05, 0) is 34.6 Å². The molecule has 0 radical (unpaired) electrons. The highest BCUT2D eigenvalue weighted by atomic mass is 16.4. The van der Waals surface area contributed by atoms with Gasteiger partial charge >= 0.3 is 5.97 Å². The van der Waals surface area contributed by atoms with Crippen LogP contribution in [0, 0.1) is 27.7 Å². The quantitative estimate of drug-likeness (QED) is 0.654. The Kier molecular flexibility index (Phi) is 5.27. The minimum atomic E-state index is -1.02. The molecule has 0 aliphatic heterocycles. The van der Waals surface area contributed by atoms with Crippen LogP contribution in [-0.4, -0.2) is 46.3 Å².